The molecule has 84 valence electrons. The Morgan fingerprint density at radius 2 is 2.36 bits per heavy atom. The van der Waals surface area contributed by atoms with Gasteiger partial charge >= 0.3 is 0 Å². The second-order valence-corrected chi connectivity index (χ2v) is 6.47. The number of unbranched alkanes of at least 4 members (excludes halogenated alkanes) is 1. The molecule has 0 aromatic rings. The molecule has 0 saturated carbocycles. The van der Waals surface area contributed by atoms with Crippen LogP contribution in [0.5, 0.6) is 0 Å². The lowest BCUT2D eigenvalue weighted by Crippen LogP contribution is -2.28. The van der Waals surface area contributed by atoms with Gasteiger partial charge in [-0.25, -0.2) is 0 Å². The first-order chi connectivity index (χ1) is 6.83. The van der Waals surface area contributed by atoms with Gasteiger partial charge in [-0.2, -0.15) is 0 Å². The van der Waals surface area contributed by atoms with Crippen molar-refractivity contribution in [1.82, 2.24) is 5.32 Å². The van der Waals surface area contributed by atoms with Crippen LogP contribution >= 0.6 is 21.6 Å². The van der Waals surface area contributed by atoms with Crippen LogP contribution in [0.3, 0.4) is 0 Å². The highest BCUT2D eigenvalue weighted by Gasteiger charge is 2.15. The third-order valence-corrected chi connectivity index (χ3v) is 5.43. The normalized spacial score (nSPS) is 24.0. The maximum Gasteiger partial charge on any atom is 0.104 e. The van der Waals surface area contributed by atoms with Gasteiger partial charge in [0.05, 0.1) is 0 Å². The van der Waals surface area contributed by atoms with Crippen molar-refractivity contribution < 1.29 is 5.11 Å². The smallest absolute Gasteiger partial charge is 0.104 e. The molecule has 1 rings (SSSR count). The molecule has 0 spiro atoms. The minimum atomic E-state index is -0.286. The largest absolute Gasteiger partial charge is 0.379 e. The van der Waals surface area contributed by atoms with Crippen LogP contribution in [0.2, 0.25) is 0 Å². The molecule has 0 aromatic carbocycles. The fraction of sp³-hybridized carbons (Fsp3) is 1.00. The van der Waals surface area contributed by atoms with Gasteiger partial charge in [0.25, 0.3) is 0 Å². The van der Waals surface area contributed by atoms with Gasteiger partial charge < -0.3 is 5.11 Å². The van der Waals surface area contributed by atoms with Gasteiger partial charge in [0.2, 0.25) is 0 Å². The molecule has 1 heterocycles. The van der Waals surface area contributed by atoms with Crippen LogP contribution in [0.1, 0.15) is 39.0 Å². The van der Waals surface area contributed by atoms with E-state index in [9.17, 15) is 5.11 Å². The Kier molecular flexibility index (Phi) is 7.12. The Morgan fingerprint density at radius 3 is 3.00 bits per heavy atom. The summed E-state index contributed by atoms with van der Waals surface area (Å²) in [6.07, 6.45) is 5.74. The van der Waals surface area contributed by atoms with Crippen LogP contribution in [-0.4, -0.2) is 28.9 Å². The second-order valence-electron chi connectivity index (χ2n) is 3.69. The molecule has 2 atom stereocenters. The van der Waals surface area contributed by atoms with Crippen LogP contribution in [0.15, 0.2) is 0 Å². The molecule has 0 amide bonds. The van der Waals surface area contributed by atoms with Gasteiger partial charge in [-0.15, -0.1) is 0 Å². The lowest BCUT2D eigenvalue weighted by molar-refractivity contribution is 0.127. The van der Waals surface area contributed by atoms with Crippen molar-refractivity contribution in [2.75, 3.05) is 12.3 Å². The van der Waals surface area contributed by atoms with Crippen molar-refractivity contribution in [2.24, 2.45) is 0 Å². The number of hydrogen-bond acceptors (Lipinski definition) is 4. The Balaban J connectivity index is 1.88. The monoisotopic (exact) mass is 235 g/mol. The first kappa shape index (κ1) is 12.7. The Labute approximate surface area is 95.0 Å². The van der Waals surface area contributed by atoms with Crippen LogP contribution in [0.4, 0.5) is 0 Å². The van der Waals surface area contributed by atoms with Crippen LogP contribution in [0.25, 0.3) is 0 Å². The number of aliphatic hydroxyl groups excluding tert-OH is 1. The van der Waals surface area contributed by atoms with Gasteiger partial charge in [0, 0.05) is 11.0 Å². The first-order valence-corrected chi connectivity index (χ1v) is 7.91. The highest BCUT2D eigenvalue weighted by Crippen LogP contribution is 2.39. The van der Waals surface area contributed by atoms with Crippen molar-refractivity contribution >= 4 is 21.6 Å². The third kappa shape index (κ3) is 5.49. The quantitative estimate of drug-likeness (QED) is 0.404. The zero-order chi connectivity index (χ0) is 10.2. The highest BCUT2D eigenvalue weighted by atomic mass is 33.1. The van der Waals surface area contributed by atoms with E-state index in [1.54, 1.807) is 0 Å². The summed E-state index contributed by atoms with van der Waals surface area (Å²) < 4.78 is 0. The summed E-state index contributed by atoms with van der Waals surface area (Å²) in [6, 6.07) is 0. The van der Waals surface area contributed by atoms with Crippen molar-refractivity contribution in [3.05, 3.63) is 0 Å². The summed E-state index contributed by atoms with van der Waals surface area (Å²) >= 11 is 0. The van der Waals surface area contributed by atoms with E-state index < -0.39 is 0 Å². The molecule has 1 aliphatic heterocycles. The molecule has 2 nitrogen and oxygen atoms in total. The highest BCUT2D eigenvalue weighted by molar-refractivity contribution is 8.77. The topological polar surface area (TPSA) is 32.3 Å². The van der Waals surface area contributed by atoms with Crippen LogP contribution < -0.4 is 5.32 Å². The molecular formula is C10H21NOS2. The Morgan fingerprint density at radius 1 is 1.50 bits per heavy atom. The fourth-order valence-corrected chi connectivity index (χ4v) is 4.64. The summed E-state index contributed by atoms with van der Waals surface area (Å²) in [6.45, 7) is 2.88. The van der Waals surface area contributed by atoms with E-state index in [0.29, 0.717) is 0 Å². The first-order valence-electron chi connectivity index (χ1n) is 5.52. The van der Waals surface area contributed by atoms with E-state index in [4.69, 9.17) is 0 Å². The average Bonchev–Trinajstić information content (AvgIpc) is 2.65. The number of hydrogen-bond donors (Lipinski definition) is 2. The summed E-state index contributed by atoms with van der Waals surface area (Å²) in [5, 5.41) is 13.3. The van der Waals surface area contributed by atoms with Crippen molar-refractivity contribution in [2.45, 2.75) is 50.5 Å². The minimum Gasteiger partial charge on any atom is -0.379 e. The molecule has 14 heavy (non-hydrogen) atoms. The van der Waals surface area contributed by atoms with Gasteiger partial charge in [-0.1, -0.05) is 34.9 Å². The third-order valence-electron chi connectivity index (χ3n) is 2.42. The lowest BCUT2D eigenvalue weighted by Gasteiger charge is -2.11. The molecule has 0 radical (unpaired) electrons. The molecule has 0 bridgehead atoms. The summed E-state index contributed by atoms with van der Waals surface area (Å²) in [5.41, 5.74) is 0. The summed E-state index contributed by atoms with van der Waals surface area (Å²) in [4.78, 5) is 0. The summed E-state index contributed by atoms with van der Waals surface area (Å²) in [5.74, 6) is 1.33. The molecule has 1 aliphatic rings. The molecule has 2 N–H and O–H groups in total. The van der Waals surface area contributed by atoms with Crippen molar-refractivity contribution in [3.63, 3.8) is 0 Å². The van der Waals surface area contributed by atoms with Crippen molar-refractivity contribution in [3.8, 4) is 0 Å². The molecule has 1 fully saturated rings. The van der Waals surface area contributed by atoms with Crippen LogP contribution in [-0.2, 0) is 0 Å². The van der Waals surface area contributed by atoms with E-state index >= 15 is 0 Å². The second kappa shape index (κ2) is 7.85. The Hall–Kier alpha value is 0.620. The van der Waals surface area contributed by atoms with Gasteiger partial charge in [0.1, 0.15) is 6.23 Å². The summed E-state index contributed by atoms with van der Waals surface area (Å²) in [7, 11) is 4.06. The average molecular weight is 235 g/mol. The molecule has 0 aromatic heterocycles. The predicted molar refractivity (Wildman–Crippen MR) is 66.6 cm³/mol. The number of aliphatic hydroxyl groups is 1. The zero-order valence-electron chi connectivity index (χ0n) is 8.87. The standard InChI is InChI=1S/C10H21NOS2/c1-2-11-10(12)6-4-3-5-9-7-8-13-14-9/h9-12H,2-8H2,1H3/t9-,10?/m0/s1. The van der Waals surface area contributed by atoms with E-state index in [1.807, 2.05) is 17.7 Å². The van der Waals surface area contributed by atoms with E-state index in [1.165, 1.54) is 25.0 Å². The minimum absolute atomic E-state index is 0.286. The van der Waals surface area contributed by atoms with Gasteiger partial charge in [0.15, 0.2) is 0 Å². The Bertz CT molecular complexity index is 140. The van der Waals surface area contributed by atoms with Crippen LogP contribution in [0, 0.1) is 0 Å². The van der Waals surface area contributed by atoms with E-state index in [0.717, 1.165) is 24.6 Å². The van der Waals surface area contributed by atoms with Gasteiger partial charge in [-0.3, -0.25) is 5.32 Å². The number of rotatable bonds is 7. The van der Waals surface area contributed by atoms with E-state index in [2.05, 4.69) is 16.1 Å². The number of nitrogens with one attached hydrogen (secondary N) is 1. The zero-order valence-corrected chi connectivity index (χ0v) is 10.5. The molecule has 4 heteroatoms. The van der Waals surface area contributed by atoms with E-state index in [-0.39, 0.29) is 6.23 Å². The maximum atomic E-state index is 9.42. The lowest BCUT2D eigenvalue weighted by atomic mass is 10.1. The molecule has 1 unspecified atom stereocenters. The SMILES string of the molecule is CCNC(O)CCCC[C@H]1CCSS1. The predicted octanol–water partition coefficient (Wildman–Crippen LogP) is 2.63. The molecule has 1 saturated heterocycles. The molecular weight excluding hydrogens is 214 g/mol. The maximum absolute atomic E-state index is 9.42. The van der Waals surface area contributed by atoms with Gasteiger partial charge in [-0.05, 0) is 32.2 Å². The molecule has 0 aliphatic carbocycles. The van der Waals surface area contributed by atoms with Crippen molar-refractivity contribution in [1.29, 1.82) is 0 Å². The fourth-order valence-electron chi connectivity index (χ4n) is 1.61.